The quantitative estimate of drug-likeness (QED) is 0.911. The van der Waals surface area contributed by atoms with Crippen molar-refractivity contribution >= 4 is 11.6 Å². The van der Waals surface area contributed by atoms with E-state index in [0.717, 1.165) is 12.8 Å². The maximum Gasteiger partial charge on any atom is 0.276 e. The van der Waals surface area contributed by atoms with Crippen LogP contribution in [0.3, 0.4) is 0 Å². The second-order valence-electron chi connectivity index (χ2n) is 4.81. The number of nitrogens with zero attached hydrogens (tertiary/aromatic N) is 3. The van der Waals surface area contributed by atoms with Crippen LogP contribution in [-0.2, 0) is 4.74 Å². The first kappa shape index (κ1) is 13.5. The van der Waals surface area contributed by atoms with E-state index in [1.165, 1.54) is 12.6 Å². The standard InChI is InChI=1S/C13H15ClN4O2/c14-8-4-5-11(16-6-8)13-17-12(18-20-13)10(15)7-19-9-2-1-3-9/h4-6,9-10H,1-3,7,15H2. The van der Waals surface area contributed by atoms with Crippen molar-refractivity contribution in [1.29, 1.82) is 0 Å². The van der Waals surface area contributed by atoms with E-state index >= 15 is 0 Å². The van der Waals surface area contributed by atoms with E-state index in [1.54, 1.807) is 12.1 Å². The smallest absolute Gasteiger partial charge is 0.276 e. The second-order valence-corrected chi connectivity index (χ2v) is 5.25. The third-order valence-electron chi connectivity index (χ3n) is 3.28. The monoisotopic (exact) mass is 294 g/mol. The highest BCUT2D eigenvalue weighted by Gasteiger charge is 2.21. The maximum absolute atomic E-state index is 5.99. The highest BCUT2D eigenvalue weighted by molar-refractivity contribution is 6.30. The van der Waals surface area contributed by atoms with E-state index in [4.69, 9.17) is 26.6 Å². The van der Waals surface area contributed by atoms with Crippen LogP contribution in [0.5, 0.6) is 0 Å². The molecule has 7 heteroatoms. The summed E-state index contributed by atoms with van der Waals surface area (Å²) in [6, 6.07) is 3.05. The van der Waals surface area contributed by atoms with Crippen LogP contribution >= 0.6 is 11.6 Å². The molecule has 1 unspecified atom stereocenters. The minimum atomic E-state index is -0.389. The molecule has 6 nitrogen and oxygen atoms in total. The summed E-state index contributed by atoms with van der Waals surface area (Å²) in [4.78, 5) is 8.36. The average molecular weight is 295 g/mol. The van der Waals surface area contributed by atoms with Gasteiger partial charge in [0.05, 0.1) is 23.8 Å². The van der Waals surface area contributed by atoms with Crippen molar-refractivity contribution in [3.05, 3.63) is 29.2 Å². The molecule has 0 aromatic carbocycles. The Labute approximate surface area is 121 Å². The summed E-state index contributed by atoms with van der Waals surface area (Å²) in [7, 11) is 0. The highest BCUT2D eigenvalue weighted by atomic mass is 35.5. The van der Waals surface area contributed by atoms with Crippen LogP contribution < -0.4 is 5.73 Å². The molecule has 2 aromatic rings. The minimum absolute atomic E-state index is 0.329. The molecule has 0 bridgehead atoms. The molecule has 1 aliphatic rings. The zero-order chi connectivity index (χ0) is 13.9. The number of nitrogens with two attached hydrogens (primary N) is 1. The van der Waals surface area contributed by atoms with Crippen LogP contribution in [0, 0.1) is 0 Å². The van der Waals surface area contributed by atoms with E-state index in [1.807, 2.05) is 0 Å². The Kier molecular flexibility index (Phi) is 3.95. The molecule has 106 valence electrons. The van der Waals surface area contributed by atoms with Crippen molar-refractivity contribution < 1.29 is 9.26 Å². The molecule has 1 atom stereocenters. The number of rotatable bonds is 5. The number of hydrogen-bond acceptors (Lipinski definition) is 6. The van der Waals surface area contributed by atoms with Gasteiger partial charge in [0, 0.05) is 6.20 Å². The number of hydrogen-bond donors (Lipinski definition) is 1. The molecule has 2 heterocycles. The number of ether oxygens (including phenoxy) is 1. The van der Waals surface area contributed by atoms with Crippen molar-refractivity contribution in [3.63, 3.8) is 0 Å². The van der Waals surface area contributed by atoms with Gasteiger partial charge in [-0.2, -0.15) is 4.98 Å². The Morgan fingerprint density at radius 3 is 2.95 bits per heavy atom. The SMILES string of the molecule is NC(COC1CCC1)c1noc(-c2ccc(Cl)cn2)n1. The predicted octanol–water partition coefficient (Wildman–Crippen LogP) is 2.35. The van der Waals surface area contributed by atoms with Crippen LogP contribution in [0.1, 0.15) is 31.1 Å². The van der Waals surface area contributed by atoms with Crippen LogP contribution in [0.25, 0.3) is 11.6 Å². The van der Waals surface area contributed by atoms with E-state index in [0.29, 0.717) is 35.1 Å². The fourth-order valence-electron chi connectivity index (χ4n) is 1.84. The van der Waals surface area contributed by atoms with Gasteiger partial charge in [0.15, 0.2) is 5.82 Å². The van der Waals surface area contributed by atoms with Crippen LogP contribution in [-0.4, -0.2) is 27.8 Å². The molecule has 0 amide bonds. The Morgan fingerprint density at radius 2 is 2.30 bits per heavy atom. The average Bonchev–Trinajstić information content (AvgIpc) is 2.87. The summed E-state index contributed by atoms with van der Waals surface area (Å²) >= 11 is 5.78. The van der Waals surface area contributed by atoms with Crippen molar-refractivity contribution in [2.24, 2.45) is 5.73 Å². The van der Waals surface area contributed by atoms with Crippen molar-refractivity contribution in [2.45, 2.75) is 31.4 Å². The molecule has 0 saturated heterocycles. The summed E-state index contributed by atoms with van der Waals surface area (Å²) in [5, 5.41) is 4.43. The fourth-order valence-corrected chi connectivity index (χ4v) is 1.96. The Hall–Kier alpha value is -1.50. The molecular weight excluding hydrogens is 280 g/mol. The predicted molar refractivity (Wildman–Crippen MR) is 73.1 cm³/mol. The number of aromatic nitrogens is 3. The van der Waals surface area contributed by atoms with Crippen LogP contribution in [0.15, 0.2) is 22.9 Å². The lowest BCUT2D eigenvalue weighted by Gasteiger charge is -2.26. The molecule has 2 N–H and O–H groups in total. The number of pyridine rings is 1. The van der Waals surface area contributed by atoms with Gasteiger partial charge in [-0.25, -0.2) is 4.98 Å². The van der Waals surface area contributed by atoms with E-state index in [-0.39, 0.29) is 6.04 Å². The first-order valence-electron chi connectivity index (χ1n) is 6.55. The topological polar surface area (TPSA) is 87.1 Å². The van der Waals surface area contributed by atoms with E-state index in [2.05, 4.69) is 15.1 Å². The lowest BCUT2D eigenvalue weighted by Crippen LogP contribution is -2.27. The van der Waals surface area contributed by atoms with Crippen molar-refractivity contribution in [3.8, 4) is 11.6 Å². The second kappa shape index (κ2) is 5.87. The maximum atomic E-state index is 5.99. The van der Waals surface area contributed by atoms with Gasteiger partial charge in [0.2, 0.25) is 0 Å². The van der Waals surface area contributed by atoms with Gasteiger partial charge in [0.1, 0.15) is 5.69 Å². The first-order valence-corrected chi connectivity index (χ1v) is 6.93. The first-order chi connectivity index (χ1) is 9.72. The Morgan fingerprint density at radius 1 is 1.45 bits per heavy atom. The molecule has 0 aliphatic heterocycles. The zero-order valence-electron chi connectivity index (χ0n) is 10.8. The normalized spacial score (nSPS) is 16.9. The van der Waals surface area contributed by atoms with Crippen LogP contribution in [0.2, 0.25) is 5.02 Å². The van der Waals surface area contributed by atoms with Gasteiger partial charge in [0.25, 0.3) is 5.89 Å². The summed E-state index contributed by atoms with van der Waals surface area (Å²) in [6.45, 7) is 0.400. The van der Waals surface area contributed by atoms with Crippen molar-refractivity contribution in [1.82, 2.24) is 15.1 Å². The van der Waals surface area contributed by atoms with Gasteiger partial charge in [-0.05, 0) is 31.4 Å². The molecule has 3 rings (SSSR count). The van der Waals surface area contributed by atoms with E-state index < -0.39 is 0 Å². The lowest BCUT2D eigenvalue weighted by molar-refractivity contribution is -0.00549. The zero-order valence-corrected chi connectivity index (χ0v) is 11.6. The summed E-state index contributed by atoms with van der Waals surface area (Å²) in [6.07, 6.45) is 5.32. The Bertz CT molecular complexity index is 568. The summed E-state index contributed by atoms with van der Waals surface area (Å²) in [5.74, 6) is 0.756. The molecular formula is C13H15ClN4O2. The Balaban J connectivity index is 1.64. The molecule has 1 saturated carbocycles. The minimum Gasteiger partial charge on any atom is -0.376 e. The van der Waals surface area contributed by atoms with Gasteiger partial charge < -0.3 is 15.0 Å². The highest BCUT2D eigenvalue weighted by Crippen LogP contribution is 2.23. The largest absolute Gasteiger partial charge is 0.376 e. The number of halogens is 1. The molecule has 0 radical (unpaired) electrons. The summed E-state index contributed by atoms with van der Waals surface area (Å²) in [5.41, 5.74) is 6.56. The van der Waals surface area contributed by atoms with Crippen LogP contribution in [0.4, 0.5) is 0 Å². The van der Waals surface area contributed by atoms with Gasteiger partial charge >= 0.3 is 0 Å². The third kappa shape index (κ3) is 2.98. The molecule has 1 aliphatic carbocycles. The van der Waals surface area contributed by atoms with Gasteiger partial charge in [-0.3, -0.25) is 0 Å². The van der Waals surface area contributed by atoms with Gasteiger partial charge in [-0.1, -0.05) is 16.8 Å². The molecule has 2 aromatic heterocycles. The lowest BCUT2D eigenvalue weighted by atomic mass is 9.96. The third-order valence-corrected chi connectivity index (χ3v) is 3.51. The summed E-state index contributed by atoms with van der Waals surface area (Å²) < 4.78 is 10.8. The molecule has 20 heavy (non-hydrogen) atoms. The van der Waals surface area contributed by atoms with Crippen molar-refractivity contribution in [2.75, 3.05) is 6.61 Å². The van der Waals surface area contributed by atoms with Gasteiger partial charge in [-0.15, -0.1) is 0 Å². The molecule has 0 spiro atoms. The fraction of sp³-hybridized carbons (Fsp3) is 0.462. The molecule has 1 fully saturated rings. The van der Waals surface area contributed by atoms with E-state index in [9.17, 15) is 0 Å².